The summed E-state index contributed by atoms with van der Waals surface area (Å²) < 4.78 is 6.81. The molecule has 1 aliphatic heterocycles. The Hall–Kier alpha value is -2.21. The highest BCUT2D eigenvalue weighted by Gasteiger charge is 2.15. The van der Waals surface area contributed by atoms with E-state index in [-0.39, 0.29) is 11.4 Å². The van der Waals surface area contributed by atoms with Gasteiger partial charge in [0.1, 0.15) is 5.75 Å². The number of anilines is 2. The third kappa shape index (κ3) is 7.17. The van der Waals surface area contributed by atoms with E-state index in [0.717, 1.165) is 35.4 Å². The van der Waals surface area contributed by atoms with Gasteiger partial charge in [0.15, 0.2) is 0 Å². The second kappa shape index (κ2) is 10.9. The molecule has 1 saturated heterocycles. The maximum atomic E-state index is 12.1. The summed E-state index contributed by atoms with van der Waals surface area (Å²) >= 11 is 3.59. The van der Waals surface area contributed by atoms with Crippen LogP contribution in [0.5, 0.6) is 5.75 Å². The normalized spacial score (nSPS) is 14.3. The SMILES string of the molecule is CC(C)(C)c1ccc(OCCCNC(=O)Nc2ccc(N3CCCCC3)cc2)c(Br)c1. The highest BCUT2D eigenvalue weighted by molar-refractivity contribution is 9.10. The Balaban J connectivity index is 1.36. The van der Waals surface area contributed by atoms with Crippen LogP contribution in [-0.2, 0) is 5.41 Å². The lowest BCUT2D eigenvalue weighted by molar-refractivity contribution is 0.250. The Bertz CT molecular complexity index is 856. The van der Waals surface area contributed by atoms with Gasteiger partial charge in [0.25, 0.3) is 0 Å². The molecule has 2 amide bonds. The van der Waals surface area contributed by atoms with Crippen molar-refractivity contribution in [1.29, 1.82) is 0 Å². The van der Waals surface area contributed by atoms with Crippen LogP contribution in [0.4, 0.5) is 16.2 Å². The first-order valence-electron chi connectivity index (χ1n) is 11.2. The molecule has 0 saturated carbocycles. The standard InChI is InChI=1S/C25H34BrN3O2/c1-25(2,3)19-8-13-23(22(26)18-19)31-17-7-14-27-24(30)28-20-9-11-21(12-10-20)29-15-5-4-6-16-29/h8-13,18H,4-7,14-17H2,1-3H3,(H2,27,28,30). The second-order valence-corrected chi connectivity index (χ2v) is 9.93. The van der Waals surface area contributed by atoms with Crippen molar-refractivity contribution in [3.8, 4) is 5.75 Å². The van der Waals surface area contributed by atoms with E-state index in [0.29, 0.717) is 13.2 Å². The van der Waals surface area contributed by atoms with Gasteiger partial charge in [0, 0.05) is 31.0 Å². The summed E-state index contributed by atoms with van der Waals surface area (Å²) in [6, 6.07) is 14.1. The Morgan fingerprint density at radius 2 is 1.77 bits per heavy atom. The van der Waals surface area contributed by atoms with Gasteiger partial charge in [-0.3, -0.25) is 0 Å². The van der Waals surface area contributed by atoms with Crippen molar-refractivity contribution in [2.45, 2.75) is 51.9 Å². The zero-order valence-corrected chi connectivity index (χ0v) is 20.4. The van der Waals surface area contributed by atoms with Crippen LogP contribution in [0.15, 0.2) is 46.9 Å². The third-order valence-electron chi connectivity index (χ3n) is 5.51. The van der Waals surface area contributed by atoms with Crippen LogP contribution in [0, 0.1) is 0 Å². The number of amides is 2. The van der Waals surface area contributed by atoms with E-state index in [2.05, 4.69) is 76.5 Å². The molecule has 0 atom stereocenters. The molecule has 2 aromatic rings. The number of halogens is 1. The molecule has 1 aliphatic rings. The van der Waals surface area contributed by atoms with Crippen LogP contribution >= 0.6 is 15.9 Å². The topological polar surface area (TPSA) is 53.6 Å². The van der Waals surface area contributed by atoms with Gasteiger partial charge in [-0.2, -0.15) is 0 Å². The maximum Gasteiger partial charge on any atom is 0.319 e. The molecule has 0 unspecified atom stereocenters. The fourth-order valence-electron chi connectivity index (χ4n) is 3.62. The van der Waals surface area contributed by atoms with Gasteiger partial charge < -0.3 is 20.3 Å². The highest BCUT2D eigenvalue weighted by Crippen LogP contribution is 2.31. The molecule has 2 aromatic carbocycles. The molecule has 0 radical (unpaired) electrons. The van der Waals surface area contributed by atoms with Gasteiger partial charge in [0.2, 0.25) is 0 Å². The molecule has 6 heteroatoms. The smallest absolute Gasteiger partial charge is 0.319 e. The minimum absolute atomic E-state index is 0.103. The van der Waals surface area contributed by atoms with E-state index in [9.17, 15) is 4.79 Å². The quantitative estimate of drug-likeness (QED) is 0.448. The van der Waals surface area contributed by atoms with E-state index in [4.69, 9.17) is 4.74 Å². The van der Waals surface area contributed by atoms with E-state index in [1.165, 1.54) is 30.5 Å². The van der Waals surface area contributed by atoms with Gasteiger partial charge in [0.05, 0.1) is 11.1 Å². The van der Waals surface area contributed by atoms with Gasteiger partial charge in [-0.25, -0.2) is 4.79 Å². The molecule has 5 nitrogen and oxygen atoms in total. The summed E-state index contributed by atoms with van der Waals surface area (Å²) in [5.74, 6) is 0.825. The predicted octanol–water partition coefficient (Wildman–Crippen LogP) is 6.33. The van der Waals surface area contributed by atoms with Gasteiger partial charge in [-0.15, -0.1) is 0 Å². The molecule has 3 rings (SSSR count). The average Bonchev–Trinajstić information content (AvgIpc) is 2.75. The first kappa shape index (κ1) is 23.5. The fraction of sp³-hybridized carbons (Fsp3) is 0.480. The zero-order chi connectivity index (χ0) is 22.3. The number of benzene rings is 2. The lowest BCUT2D eigenvalue weighted by atomic mass is 9.87. The van der Waals surface area contributed by atoms with Crippen molar-refractivity contribution in [3.05, 3.63) is 52.5 Å². The number of piperidine rings is 1. The molecule has 168 valence electrons. The number of hydrogen-bond acceptors (Lipinski definition) is 3. The predicted molar refractivity (Wildman–Crippen MR) is 132 cm³/mol. The number of rotatable bonds is 7. The van der Waals surface area contributed by atoms with Crippen molar-refractivity contribution in [1.82, 2.24) is 5.32 Å². The Kier molecular flexibility index (Phi) is 8.24. The van der Waals surface area contributed by atoms with E-state index >= 15 is 0 Å². The monoisotopic (exact) mass is 487 g/mol. The Morgan fingerprint density at radius 3 is 2.42 bits per heavy atom. The first-order chi connectivity index (χ1) is 14.8. The molecule has 1 heterocycles. The van der Waals surface area contributed by atoms with Crippen LogP contribution in [0.3, 0.4) is 0 Å². The van der Waals surface area contributed by atoms with E-state index in [1.807, 2.05) is 18.2 Å². The summed E-state index contributed by atoms with van der Waals surface area (Å²) in [5.41, 5.74) is 3.39. The van der Waals surface area contributed by atoms with Crippen LogP contribution < -0.4 is 20.3 Å². The summed E-state index contributed by atoms with van der Waals surface area (Å²) in [5, 5.41) is 5.78. The molecule has 31 heavy (non-hydrogen) atoms. The van der Waals surface area contributed by atoms with Crippen molar-refractivity contribution >= 4 is 33.3 Å². The Labute approximate surface area is 194 Å². The molecule has 2 N–H and O–H groups in total. The van der Waals surface area contributed by atoms with E-state index in [1.54, 1.807) is 0 Å². The summed E-state index contributed by atoms with van der Waals surface area (Å²) in [6.45, 7) is 9.90. The third-order valence-corrected chi connectivity index (χ3v) is 6.13. The molecular formula is C25H34BrN3O2. The number of hydrogen-bond donors (Lipinski definition) is 2. The Morgan fingerprint density at radius 1 is 1.06 bits per heavy atom. The summed E-state index contributed by atoms with van der Waals surface area (Å²) in [7, 11) is 0. The molecule has 0 aromatic heterocycles. The zero-order valence-electron chi connectivity index (χ0n) is 18.8. The van der Waals surface area contributed by atoms with Crippen molar-refractivity contribution < 1.29 is 9.53 Å². The minimum atomic E-state index is -0.193. The second-order valence-electron chi connectivity index (χ2n) is 9.07. The average molecular weight is 488 g/mol. The minimum Gasteiger partial charge on any atom is -0.492 e. The molecule has 0 spiro atoms. The molecule has 0 bridgehead atoms. The summed E-state index contributed by atoms with van der Waals surface area (Å²) in [6.07, 6.45) is 4.56. The van der Waals surface area contributed by atoms with Crippen LogP contribution in [-0.4, -0.2) is 32.3 Å². The number of nitrogens with one attached hydrogen (secondary N) is 2. The molecule has 0 aliphatic carbocycles. The largest absolute Gasteiger partial charge is 0.492 e. The highest BCUT2D eigenvalue weighted by atomic mass is 79.9. The lowest BCUT2D eigenvalue weighted by Gasteiger charge is -2.28. The molecule has 1 fully saturated rings. The van der Waals surface area contributed by atoms with Gasteiger partial charge in [-0.1, -0.05) is 26.8 Å². The maximum absolute atomic E-state index is 12.1. The number of carbonyl (C=O) groups excluding carboxylic acids is 1. The first-order valence-corrected chi connectivity index (χ1v) is 11.9. The van der Waals surface area contributed by atoms with Gasteiger partial charge >= 0.3 is 6.03 Å². The number of urea groups is 1. The van der Waals surface area contributed by atoms with E-state index < -0.39 is 0 Å². The van der Waals surface area contributed by atoms with Crippen molar-refractivity contribution in [2.24, 2.45) is 0 Å². The fourth-order valence-corrected chi connectivity index (χ4v) is 4.12. The van der Waals surface area contributed by atoms with Crippen LogP contribution in [0.1, 0.15) is 52.0 Å². The van der Waals surface area contributed by atoms with Crippen molar-refractivity contribution in [3.63, 3.8) is 0 Å². The lowest BCUT2D eigenvalue weighted by Crippen LogP contribution is -2.30. The van der Waals surface area contributed by atoms with Crippen molar-refractivity contribution in [2.75, 3.05) is 36.5 Å². The summed E-state index contributed by atoms with van der Waals surface area (Å²) in [4.78, 5) is 14.5. The van der Waals surface area contributed by atoms with Crippen LogP contribution in [0.2, 0.25) is 0 Å². The number of carbonyl (C=O) groups is 1. The number of nitrogens with zero attached hydrogens (tertiary/aromatic N) is 1. The molecular weight excluding hydrogens is 454 g/mol. The van der Waals surface area contributed by atoms with Crippen LogP contribution in [0.25, 0.3) is 0 Å². The number of ether oxygens (including phenoxy) is 1. The van der Waals surface area contributed by atoms with Gasteiger partial charge in [-0.05, 0) is 89.0 Å².